The van der Waals surface area contributed by atoms with E-state index in [1.165, 1.54) is 0 Å². The zero-order valence-electron chi connectivity index (χ0n) is 7.13. The van der Waals surface area contributed by atoms with E-state index in [-0.39, 0.29) is 0 Å². The number of nitrogens with one attached hydrogen (secondary N) is 1. The van der Waals surface area contributed by atoms with E-state index in [1.807, 2.05) is 12.1 Å². The Balaban J connectivity index is 2.36. The van der Waals surface area contributed by atoms with Crippen LogP contribution < -0.4 is 10.1 Å². The largest absolute Gasteiger partial charge is 0.488 e. The summed E-state index contributed by atoms with van der Waals surface area (Å²) in [6.07, 6.45) is 0.967. The van der Waals surface area contributed by atoms with Gasteiger partial charge in [0.25, 0.3) is 0 Å². The minimum absolute atomic E-state index is 0.736. The van der Waals surface area contributed by atoms with Crippen molar-refractivity contribution in [2.45, 2.75) is 13.3 Å². The van der Waals surface area contributed by atoms with Crippen LogP contribution in [0.15, 0.2) is 12.1 Å². The number of hydrogen-bond donors (Lipinski definition) is 1. The number of nitrogens with zero attached hydrogens (tertiary/aromatic N) is 1. The lowest BCUT2D eigenvalue weighted by atomic mass is 10.2. The van der Waals surface area contributed by atoms with Gasteiger partial charge in [0.05, 0.1) is 6.54 Å². The molecule has 0 amide bonds. The molecule has 0 aliphatic carbocycles. The minimum Gasteiger partial charge on any atom is -0.488 e. The third-order valence-electron chi connectivity index (χ3n) is 1.93. The van der Waals surface area contributed by atoms with E-state index in [9.17, 15) is 0 Å². The lowest BCUT2D eigenvalue weighted by Gasteiger charge is -2.18. The Labute approximate surface area is 71.8 Å². The van der Waals surface area contributed by atoms with Gasteiger partial charge in [-0.2, -0.15) is 0 Å². The first-order valence-corrected chi connectivity index (χ1v) is 4.26. The van der Waals surface area contributed by atoms with Crippen LogP contribution in [-0.4, -0.2) is 18.1 Å². The minimum atomic E-state index is 0.736. The summed E-state index contributed by atoms with van der Waals surface area (Å²) in [6.45, 7) is 3.69. The lowest BCUT2D eigenvalue weighted by Crippen LogP contribution is -2.19. The van der Waals surface area contributed by atoms with Crippen molar-refractivity contribution in [1.82, 2.24) is 4.98 Å². The molecule has 1 aromatic heterocycles. The highest BCUT2D eigenvalue weighted by atomic mass is 16.5. The molecule has 64 valence electrons. The van der Waals surface area contributed by atoms with E-state index < -0.39 is 0 Å². The molecule has 0 bridgehead atoms. The summed E-state index contributed by atoms with van der Waals surface area (Å²) in [4.78, 5) is 4.40. The van der Waals surface area contributed by atoms with E-state index in [0.717, 1.165) is 36.8 Å². The van der Waals surface area contributed by atoms with E-state index in [0.29, 0.717) is 0 Å². The Morgan fingerprint density at radius 3 is 3.33 bits per heavy atom. The molecule has 2 heterocycles. The van der Waals surface area contributed by atoms with Crippen LogP contribution in [0.3, 0.4) is 0 Å². The maximum Gasteiger partial charge on any atom is 0.169 e. The van der Waals surface area contributed by atoms with E-state index in [2.05, 4.69) is 17.2 Å². The Morgan fingerprint density at radius 2 is 2.50 bits per heavy atom. The van der Waals surface area contributed by atoms with Crippen LogP contribution in [0.5, 0.6) is 5.75 Å². The normalized spacial score (nSPS) is 14.4. The monoisotopic (exact) mass is 164 g/mol. The van der Waals surface area contributed by atoms with Crippen molar-refractivity contribution in [3.05, 3.63) is 17.8 Å². The van der Waals surface area contributed by atoms with Gasteiger partial charge >= 0.3 is 0 Å². The molecule has 1 aliphatic rings. The van der Waals surface area contributed by atoms with E-state index in [1.54, 1.807) is 0 Å². The molecule has 0 saturated heterocycles. The van der Waals surface area contributed by atoms with Crippen molar-refractivity contribution in [1.29, 1.82) is 0 Å². The SMILES string of the molecule is CCc1ccc2c(n1)NCCO2. The van der Waals surface area contributed by atoms with Crippen LogP contribution >= 0.6 is 0 Å². The standard InChI is InChI=1S/C9H12N2O/c1-2-7-3-4-8-9(11-7)10-5-6-12-8/h3-4H,2,5-6H2,1H3,(H,10,11). The number of fused-ring (bicyclic) bond motifs is 1. The van der Waals surface area contributed by atoms with Crippen molar-refractivity contribution in [2.75, 3.05) is 18.5 Å². The summed E-state index contributed by atoms with van der Waals surface area (Å²) in [5.41, 5.74) is 1.10. The Morgan fingerprint density at radius 1 is 1.58 bits per heavy atom. The number of hydrogen-bond acceptors (Lipinski definition) is 3. The molecule has 0 saturated carbocycles. The quantitative estimate of drug-likeness (QED) is 0.682. The number of rotatable bonds is 1. The van der Waals surface area contributed by atoms with Gasteiger partial charge in [-0.05, 0) is 18.6 Å². The second kappa shape index (κ2) is 3.01. The first kappa shape index (κ1) is 7.40. The molecule has 0 unspecified atom stereocenters. The van der Waals surface area contributed by atoms with E-state index >= 15 is 0 Å². The fourth-order valence-corrected chi connectivity index (χ4v) is 1.26. The van der Waals surface area contributed by atoms with Crippen molar-refractivity contribution >= 4 is 5.82 Å². The first-order valence-electron chi connectivity index (χ1n) is 4.26. The van der Waals surface area contributed by atoms with Crippen LogP contribution in [0, 0.1) is 0 Å². The number of pyridine rings is 1. The lowest BCUT2D eigenvalue weighted by molar-refractivity contribution is 0.321. The highest BCUT2D eigenvalue weighted by Crippen LogP contribution is 2.24. The van der Waals surface area contributed by atoms with Gasteiger partial charge in [-0.3, -0.25) is 0 Å². The summed E-state index contributed by atoms with van der Waals surface area (Å²) in [5, 5.41) is 3.20. The molecule has 1 N–H and O–H groups in total. The van der Waals surface area contributed by atoms with Gasteiger partial charge in [0, 0.05) is 5.69 Å². The zero-order chi connectivity index (χ0) is 8.39. The summed E-state index contributed by atoms with van der Waals surface area (Å²) in [7, 11) is 0. The number of anilines is 1. The van der Waals surface area contributed by atoms with Crippen LogP contribution in [-0.2, 0) is 6.42 Å². The van der Waals surface area contributed by atoms with Gasteiger partial charge in [-0.15, -0.1) is 0 Å². The fraction of sp³-hybridized carbons (Fsp3) is 0.444. The van der Waals surface area contributed by atoms with Crippen LogP contribution in [0.1, 0.15) is 12.6 Å². The van der Waals surface area contributed by atoms with E-state index in [4.69, 9.17) is 4.74 Å². The first-order chi connectivity index (χ1) is 5.90. The van der Waals surface area contributed by atoms with Crippen molar-refractivity contribution in [3.63, 3.8) is 0 Å². The summed E-state index contributed by atoms with van der Waals surface area (Å²) in [6, 6.07) is 3.99. The van der Waals surface area contributed by atoms with Crippen molar-refractivity contribution < 1.29 is 4.74 Å². The molecule has 12 heavy (non-hydrogen) atoms. The van der Waals surface area contributed by atoms with Gasteiger partial charge in [-0.25, -0.2) is 4.98 Å². The molecule has 0 aromatic carbocycles. The molecule has 0 atom stereocenters. The molecule has 2 rings (SSSR count). The Hall–Kier alpha value is -1.25. The smallest absolute Gasteiger partial charge is 0.169 e. The highest BCUT2D eigenvalue weighted by molar-refractivity contribution is 5.51. The number of aryl methyl sites for hydroxylation is 1. The maximum absolute atomic E-state index is 5.40. The summed E-state index contributed by atoms with van der Waals surface area (Å²) < 4.78 is 5.40. The third kappa shape index (κ3) is 1.22. The summed E-state index contributed by atoms with van der Waals surface area (Å²) in [5.74, 6) is 1.76. The average Bonchev–Trinajstić information content (AvgIpc) is 2.17. The number of aromatic nitrogens is 1. The Kier molecular flexibility index (Phi) is 1.86. The molecule has 1 aromatic rings. The third-order valence-corrected chi connectivity index (χ3v) is 1.93. The molecule has 0 radical (unpaired) electrons. The molecule has 3 heteroatoms. The van der Waals surface area contributed by atoms with Gasteiger partial charge in [-0.1, -0.05) is 6.92 Å². The molecule has 0 fully saturated rings. The fourth-order valence-electron chi connectivity index (χ4n) is 1.26. The predicted molar refractivity (Wildman–Crippen MR) is 47.6 cm³/mol. The molecular weight excluding hydrogens is 152 g/mol. The molecular formula is C9H12N2O. The predicted octanol–water partition coefficient (Wildman–Crippen LogP) is 1.45. The molecule has 0 spiro atoms. The Bertz CT molecular complexity index is 286. The van der Waals surface area contributed by atoms with Crippen LogP contribution in [0.4, 0.5) is 5.82 Å². The van der Waals surface area contributed by atoms with Crippen molar-refractivity contribution in [3.8, 4) is 5.75 Å². The second-order valence-corrected chi connectivity index (χ2v) is 2.78. The van der Waals surface area contributed by atoms with Crippen LogP contribution in [0.25, 0.3) is 0 Å². The second-order valence-electron chi connectivity index (χ2n) is 2.78. The molecule has 3 nitrogen and oxygen atoms in total. The zero-order valence-corrected chi connectivity index (χ0v) is 7.13. The topological polar surface area (TPSA) is 34.2 Å². The maximum atomic E-state index is 5.40. The van der Waals surface area contributed by atoms with Gasteiger partial charge < -0.3 is 10.1 Å². The van der Waals surface area contributed by atoms with Crippen molar-refractivity contribution in [2.24, 2.45) is 0 Å². The van der Waals surface area contributed by atoms with Crippen LogP contribution in [0.2, 0.25) is 0 Å². The average molecular weight is 164 g/mol. The van der Waals surface area contributed by atoms with Gasteiger partial charge in [0.1, 0.15) is 6.61 Å². The summed E-state index contributed by atoms with van der Waals surface area (Å²) >= 11 is 0. The molecule has 1 aliphatic heterocycles. The highest BCUT2D eigenvalue weighted by Gasteiger charge is 2.10. The number of ether oxygens (including phenoxy) is 1. The van der Waals surface area contributed by atoms with Gasteiger partial charge in [0.15, 0.2) is 11.6 Å². The van der Waals surface area contributed by atoms with Gasteiger partial charge in [0.2, 0.25) is 0 Å².